The lowest BCUT2D eigenvalue weighted by atomic mass is 9.70. The molecule has 0 N–H and O–H groups in total. The van der Waals surface area contributed by atoms with E-state index in [1.807, 2.05) is 11.3 Å². The first-order valence-corrected chi connectivity index (χ1v) is 20.7. The van der Waals surface area contributed by atoms with Crippen molar-refractivity contribution in [2.24, 2.45) is 11.8 Å². The van der Waals surface area contributed by atoms with E-state index in [4.69, 9.17) is 0 Å². The van der Waals surface area contributed by atoms with E-state index in [1.54, 1.807) is 0 Å². The van der Waals surface area contributed by atoms with Gasteiger partial charge in [-0.3, -0.25) is 0 Å². The van der Waals surface area contributed by atoms with Crippen LogP contribution in [-0.4, -0.2) is 0 Å². The maximum absolute atomic E-state index is 2.46. The van der Waals surface area contributed by atoms with Crippen LogP contribution in [0.3, 0.4) is 0 Å². The number of hydrogen-bond acceptors (Lipinski definition) is 1. The lowest BCUT2D eigenvalue weighted by Gasteiger charge is -2.33. The lowest BCUT2D eigenvalue weighted by Crippen LogP contribution is -2.40. The van der Waals surface area contributed by atoms with Gasteiger partial charge in [-0.15, -0.1) is 11.3 Å². The normalized spacial score (nSPS) is 16.2. The first kappa shape index (κ1) is 32.4. The third kappa shape index (κ3) is 4.99. The van der Waals surface area contributed by atoms with Crippen LogP contribution in [0.15, 0.2) is 206 Å². The van der Waals surface area contributed by atoms with Crippen molar-refractivity contribution < 1.29 is 0 Å². The maximum Gasteiger partial charge on any atom is 0.0431 e. The van der Waals surface area contributed by atoms with E-state index in [2.05, 4.69) is 206 Å². The van der Waals surface area contributed by atoms with Gasteiger partial charge in [0.15, 0.2) is 0 Å². The highest BCUT2D eigenvalue weighted by Gasteiger charge is 2.33. The van der Waals surface area contributed by atoms with Gasteiger partial charge in [0.05, 0.1) is 0 Å². The highest BCUT2D eigenvalue weighted by atomic mass is 32.1. The van der Waals surface area contributed by atoms with Crippen molar-refractivity contribution in [3.63, 3.8) is 0 Å². The molecule has 0 spiro atoms. The molecule has 1 heteroatoms. The number of fused-ring (bicyclic) bond motifs is 8. The van der Waals surface area contributed by atoms with Crippen molar-refractivity contribution >= 4 is 75.0 Å². The standard InChI is InChI=1S/C56H36S/c1-2-16-36(17-3-1)52-40-19-6-8-21-42(40)54(43-22-9-7-20-41(43)52)39-31-32-51-50(34-39)48-27-14-28-49(56(48)57-51)55-46-25-12-10-23-44(46)53(45-24-11-13-26-47(45)55)38-30-29-35-15-4-5-18-37(35)33-38/h1-34,44,46H. The van der Waals surface area contributed by atoms with Crippen molar-refractivity contribution in [1.82, 2.24) is 0 Å². The summed E-state index contributed by atoms with van der Waals surface area (Å²) in [7, 11) is 0. The zero-order valence-electron chi connectivity index (χ0n) is 31.2. The van der Waals surface area contributed by atoms with Gasteiger partial charge < -0.3 is 0 Å². The van der Waals surface area contributed by atoms with Gasteiger partial charge in [0.1, 0.15) is 0 Å². The number of allylic oxidation sites excluding steroid dienone is 4. The fourth-order valence-corrected chi connectivity index (χ4v) is 11.2. The van der Waals surface area contributed by atoms with Gasteiger partial charge in [0, 0.05) is 32.0 Å². The Morgan fingerprint density at radius 2 is 0.912 bits per heavy atom. The third-order valence-electron chi connectivity index (χ3n) is 12.4. The van der Waals surface area contributed by atoms with Gasteiger partial charge in [-0.1, -0.05) is 188 Å². The Morgan fingerprint density at radius 1 is 0.351 bits per heavy atom. The quantitative estimate of drug-likeness (QED) is 0.158. The van der Waals surface area contributed by atoms with Crippen LogP contribution in [0.2, 0.25) is 0 Å². The molecule has 0 amide bonds. The third-order valence-corrected chi connectivity index (χ3v) is 13.7. The summed E-state index contributed by atoms with van der Waals surface area (Å²) in [6.07, 6.45) is 9.37. The highest BCUT2D eigenvalue weighted by Crippen LogP contribution is 2.48. The first-order chi connectivity index (χ1) is 28.3. The van der Waals surface area contributed by atoms with Crippen molar-refractivity contribution in [1.29, 1.82) is 0 Å². The molecule has 0 radical (unpaired) electrons. The average molecular weight is 741 g/mol. The first-order valence-electron chi connectivity index (χ1n) is 19.9. The molecule has 57 heavy (non-hydrogen) atoms. The average Bonchev–Trinajstić information content (AvgIpc) is 3.66. The second kappa shape index (κ2) is 12.9. The Labute approximate surface area is 335 Å². The van der Waals surface area contributed by atoms with Gasteiger partial charge in [0.25, 0.3) is 0 Å². The van der Waals surface area contributed by atoms with Gasteiger partial charge >= 0.3 is 0 Å². The summed E-state index contributed by atoms with van der Waals surface area (Å²) in [6.45, 7) is 0. The molecule has 10 aromatic rings. The zero-order valence-corrected chi connectivity index (χ0v) is 32.0. The summed E-state index contributed by atoms with van der Waals surface area (Å²) in [5.41, 5.74) is 10.6. The number of thiophene rings is 1. The maximum atomic E-state index is 2.46. The SMILES string of the molecule is C1=CC2C(c3ccc4ccccc4c3)=c3ccccc3=C(c3cccc4c3sc3ccc(-c5c6ccccc6c(-c6ccccc6)c6ccccc56)cc34)C2C=C1. The molecule has 0 nitrogen and oxygen atoms in total. The highest BCUT2D eigenvalue weighted by molar-refractivity contribution is 7.26. The van der Waals surface area contributed by atoms with E-state index in [9.17, 15) is 0 Å². The molecular formula is C56H36S. The van der Waals surface area contributed by atoms with Crippen LogP contribution in [0.4, 0.5) is 0 Å². The molecule has 0 aliphatic heterocycles. The summed E-state index contributed by atoms with van der Waals surface area (Å²) in [4.78, 5) is 0. The van der Waals surface area contributed by atoms with E-state index in [0.29, 0.717) is 0 Å². The van der Waals surface area contributed by atoms with Crippen molar-refractivity contribution in [3.05, 3.63) is 228 Å². The van der Waals surface area contributed by atoms with Gasteiger partial charge in [0.2, 0.25) is 0 Å². The fourth-order valence-electron chi connectivity index (χ4n) is 10.0. The summed E-state index contributed by atoms with van der Waals surface area (Å²) >= 11 is 1.94. The predicted molar refractivity (Wildman–Crippen MR) is 245 cm³/mol. The minimum atomic E-state index is 0.221. The van der Waals surface area contributed by atoms with Crippen molar-refractivity contribution in [3.8, 4) is 22.3 Å². The van der Waals surface area contributed by atoms with Crippen LogP contribution >= 0.6 is 11.3 Å². The Balaban J connectivity index is 1.10. The topological polar surface area (TPSA) is 0 Å². The largest absolute Gasteiger partial charge is 0.135 e. The molecule has 12 rings (SSSR count). The Kier molecular flexibility index (Phi) is 7.33. The van der Waals surface area contributed by atoms with Crippen LogP contribution in [0.1, 0.15) is 11.1 Å². The molecule has 2 atom stereocenters. The smallest absolute Gasteiger partial charge is 0.0431 e. The van der Waals surface area contributed by atoms with E-state index in [0.717, 1.165) is 0 Å². The van der Waals surface area contributed by atoms with E-state index < -0.39 is 0 Å². The predicted octanol–water partition coefficient (Wildman–Crippen LogP) is 13.6. The van der Waals surface area contributed by atoms with Crippen LogP contribution in [-0.2, 0) is 0 Å². The van der Waals surface area contributed by atoms with Gasteiger partial charge in [-0.05, 0) is 105 Å². The molecule has 0 saturated heterocycles. The van der Waals surface area contributed by atoms with Crippen LogP contribution in [0.5, 0.6) is 0 Å². The number of rotatable bonds is 4. The lowest BCUT2D eigenvalue weighted by molar-refractivity contribution is 0.687. The molecule has 2 aliphatic rings. The van der Waals surface area contributed by atoms with E-state index in [1.165, 1.54) is 107 Å². The van der Waals surface area contributed by atoms with E-state index in [-0.39, 0.29) is 11.8 Å². The number of hydrogen-bond donors (Lipinski definition) is 0. The zero-order chi connectivity index (χ0) is 37.5. The molecule has 0 bridgehead atoms. The van der Waals surface area contributed by atoms with Crippen LogP contribution in [0, 0.1) is 11.8 Å². The Bertz CT molecular complexity index is 3410. The molecule has 1 aromatic heterocycles. The molecule has 9 aromatic carbocycles. The number of benzene rings is 9. The minimum Gasteiger partial charge on any atom is -0.135 e. The van der Waals surface area contributed by atoms with Crippen molar-refractivity contribution in [2.75, 3.05) is 0 Å². The summed E-state index contributed by atoms with van der Waals surface area (Å²) in [5, 5.41) is 13.0. The Morgan fingerprint density at radius 3 is 1.63 bits per heavy atom. The van der Waals surface area contributed by atoms with Gasteiger partial charge in [-0.25, -0.2) is 0 Å². The minimum absolute atomic E-state index is 0.221. The second-order valence-corrected chi connectivity index (χ2v) is 16.5. The Hall–Kier alpha value is -6.80. The fraction of sp³-hybridized carbons (Fsp3) is 0.0357. The molecule has 0 fully saturated rings. The second-order valence-electron chi connectivity index (χ2n) is 15.5. The van der Waals surface area contributed by atoms with Crippen LogP contribution in [0.25, 0.3) is 85.9 Å². The summed E-state index contributed by atoms with van der Waals surface area (Å²) in [5.74, 6) is 0.455. The molecule has 2 unspecified atom stereocenters. The molecule has 0 saturated carbocycles. The van der Waals surface area contributed by atoms with Crippen LogP contribution < -0.4 is 10.4 Å². The molecule has 2 aliphatic carbocycles. The monoisotopic (exact) mass is 740 g/mol. The summed E-state index contributed by atoms with van der Waals surface area (Å²) in [6, 6.07) is 67.8. The molecule has 266 valence electrons. The van der Waals surface area contributed by atoms with E-state index >= 15 is 0 Å². The molecule has 1 heterocycles. The van der Waals surface area contributed by atoms with Crippen molar-refractivity contribution in [2.45, 2.75) is 0 Å². The van der Waals surface area contributed by atoms with Gasteiger partial charge in [-0.2, -0.15) is 0 Å². The molecular weight excluding hydrogens is 705 g/mol. The summed E-state index contributed by atoms with van der Waals surface area (Å²) < 4.78 is 2.68.